The number of rotatable bonds is 6. The lowest BCUT2D eigenvalue weighted by molar-refractivity contribution is -0.148. The zero-order chi connectivity index (χ0) is 20.4. The van der Waals surface area contributed by atoms with Crippen LogP contribution < -0.4 is 19.5 Å². The number of nitrogens with one attached hydrogen (secondary N) is 1. The van der Waals surface area contributed by atoms with Crippen LogP contribution in [0.2, 0.25) is 0 Å². The lowest BCUT2D eigenvalue weighted by atomic mass is 9.82. The molecule has 2 aliphatic rings. The van der Waals surface area contributed by atoms with Gasteiger partial charge < -0.3 is 24.3 Å². The number of ether oxygens (including phenoxy) is 4. The van der Waals surface area contributed by atoms with E-state index < -0.39 is 0 Å². The van der Waals surface area contributed by atoms with Gasteiger partial charge >= 0.3 is 5.97 Å². The summed E-state index contributed by atoms with van der Waals surface area (Å²) < 4.78 is 21.9. The van der Waals surface area contributed by atoms with Crippen LogP contribution in [0, 0.1) is 5.92 Å². The standard InChI is InChI=1S/C23H27NO5/c1-4-28-23(25)21-17(14-5-7-18-15(11-14)9-10-29-18)13-24-22(21)16-6-8-19(26-2)20(12-16)27-3/h5-8,11-12,17,21-22,24H,4,9-10,13H2,1-3H3/t17-,21+,22+/m1/s1. The molecule has 1 fully saturated rings. The molecule has 1 saturated heterocycles. The van der Waals surface area contributed by atoms with Gasteiger partial charge in [0, 0.05) is 24.9 Å². The van der Waals surface area contributed by atoms with Crippen molar-refractivity contribution in [2.24, 2.45) is 5.92 Å². The van der Waals surface area contributed by atoms with Crippen LogP contribution in [0.15, 0.2) is 36.4 Å². The van der Waals surface area contributed by atoms with Crippen molar-refractivity contribution < 1.29 is 23.7 Å². The molecular formula is C23H27NO5. The van der Waals surface area contributed by atoms with Gasteiger partial charge in [-0.3, -0.25) is 4.79 Å². The van der Waals surface area contributed by atoms with Crippen LogP contribution in [0.3, 0.4) is 0 Å². The molecule has 2 aromatic rings. The molecule has 6 heteroatoms. The molecule has 6 nitrogen and oxygen atoms in total. The maximum atomic E-state index is 13.0. The molecule has 4 rings (SSSR count). The molecule has 0 spiro atoms. The zero-order valence-electron chi connectivity index (χ0n) is 17.1. The number of carbonyl (C=O) groups excluding carboxylic acids is 1. The highest BCUT2D eigenvalue weighted by molar-refractivity contribution is 5.76. The van der Waals surface area contributed by atoms with Crippen molar-refractivity contribution in [1.29, 1.82) is 0 Å². The summed E-state index contributed by atoms with van der Waals surface area (Å²) in [6.07, 6.45) is 0.909. The fourth-order valence-corrected chi connectivity index (χ4v) is 4.41. The highest BCUT2D eigenvalue weighted by atomic mass is 16.5. The molecule has 2 aliphatic heterocycles. The average molecular weight is 397 g/mol. The molecule has 0 saturated carbocycles. The lowest BCUT2D eigenvalue weighted by Crippen LogP contribution is -2.27. The van der Waals surface area contributed by atoms with E-state index in [1.807, 2.05) is 31.2 Å². The van der Waals surface area contributed by atoms with Crippen molar-refractivity contribution in [3.05, 3.63) is 53.1 Å². The number of hydrogen-bond acceptors (Lipinski definition) is 6. The SMILES string of the molecule is CCOC(=O)[C@H]1[C@@H](c2ccc3c(c2)CCO3)CN[C@H]1c1ccc(OC)c(OC)c1. The van der Waals surface area contributed by atoms with Crippen molar-refractivity contribution in [1.82, 2.24) is 5.32 Å². The number of fused-ring (bicyclic) bond motifs is 1. The number of carbonyl (C=O) groups is 1. The molecule has 0 aliphatic carbocycles. The number of benzene rings is 2. The Kier molecular flexibility index (Phi) is 5.62. The van der Waals surface area contributed by atoms with E-state index >= 15 is 0 Å². The number of methoxy groups -OCH3 is 2. The van der Waals surface area contributed by atoms with Gasteiger partial charge in [-0.2, -0.15) is 0 Å². The largest absolute Gasteiger partial charge is 0.493 e. The van der Waals surface area contributed by atoms with Gasteiger partial charge in [0.25, 0.3) is 0 Å². The Morgan fingerprint density at radius 1 is 1.10 bits per heavy atom. The Morgan fingerprint density at radius 2 is 1.90 bits per heavy atom. The van der Waals surface area contributed by atoms with Crippen molar-refractivity contribution in [3.8, 4) is 17.2 Å². The summed E-state index contributed by atoms with van der Waals surface area (Å²) in [4.78, 5) is 13.0. The molecular weight excluding hydrogens is 370 g/mol. The Balaban J connectivity index is 1.69. The molecule has 0 unspecified atom stereocenters. The first-order valence-electron chi connectivity index (χ1n) is 10.0. The molecule has 2 heterocycles. The minimum atomic E-state index is -0.326. The summed E-state index contributed by atoms with van der Waals surface area (Å²) in [5.41, 5.74) is 3.33. The summed E-state index contributed by atoms with van der Waals surface area (Å²) in [5.74, 6) is 1.78. The van der Waals surface area contributed by atoms with Gasteiger partial charge in [-0.25, -0.2) is 0 Å². The fourth-order valence-electron chi connectivity index (χ4n) is 4.41. The average Bonchev–Trinajstić information content (AvgIpc) is 3.39. The van der Waals surface area contributed by atoms with E-state index in [2.05, 4.69) is 17.4 Å². The van der Waals surface area contributed by atoms with Crippen molar-refractivity contribution in [2.75, 3.05) is 34.0 Å². The maximum absolute atomic E-state index is 13.0. The number of esters is 1. The Morgan fingerprint density at radius 3 is 2.66 bits per heavy atom. The van der Waals surface area contributed by atoms with Crippen LogP contribution in [0.4, 0.5) is 0 Å². The van der Waals surface area contributed by atoms with Gasteiger partial charge in [-0.15, -0.1) is 0 Å². The van der Waals surface area contributed by atoms with E-state index in [-0.39, 0.29) is 23.8 Å². The summed E-state index contributed by atoms with van der Waals surface area (Å²) >= 11 is 0. The van der Waals surface area contributed by atoms with Crippen LogP contribution in [-0.2, 0) is 16.0 Å². The predicted octanol–water partition coefficient (Wildman–Crippen LogP) is 3.25. The Bertz CT molecular complexity index is 897. The molecule has 154 valence electrons. The second-order valence-corrected chi connectivity index (χ2v) is 7.35. The van der Waals surface area contributed by atoms with E-state index in [0.29, 0.717) is 24.7 Å². The van der Waals surface area contributed by atoms with Gasteiger partial charge in [0.2, 0.25) is 0 Å². The predicted molar refractivity (Wildman–Crippen MR) is 109 cm³/mol. The van der Waals surface area contributed by atoms with Crippen LogP contribution in [0.1, 0.15) is 35.6 Å². The topological polar surface area (TPSA) is 66.0 Å². The zero-order valence-corrected chi connectivity index (χ0v) is 17.1. The summed E-state index contributed by atoms with van der Waals surface area (Å²) in [6, 6.07) is 11.9. The molecule has 0 amide bonds. The normalized spacial score (nSPS) is 22.7. The van der Waals surface area contributed by atoms with Crippen molar-refractivity contribution in [2.45, 2.75) is 25.3 Å². The van der Waals surface area contributed by atoms with E-state index in [1.54, 1.807) is 14.2 Å². The first-order chi connectivity index (χ1) is 14.2. The second kappa shape index (κ2) is 8.33. The highest BCUT2D eigenvalue weighted by Gasteiger charge is 2.43. The van der Waals surface area contributed by atoms with Gasteiger partial charge in [0.15, 0.2) is 11.5 Å². The van der Waals surface area contributed by atoms with Crippen molar-refractivity contribution >= 4 is 5.97 Å². The lowest BCUT2D eigenvalue weighted by Gasteiger charge is -2.24. The Hall–Kier alpha value is -2.73. The molecule has 0 aromatic heterocycles. The second-order valence-electron chi connectivity index (χ2n) is 7.35. The van der Waals surface area contributed by atoms with Gasteiger partial charge in [0.05, 0.1) is 33.4 Å². The first kappa shape index (κ1) is 19.6. The van der Waals surface area contributed by atoms with E-state index in [1.165, 1.54) is 5.56 Å². The maximum Gasteiger partial charge on any atom is 0.311 e. The van der Waals surface area contributed by atoms with E-state index in [0.717, 1.165) is 29.9 Å². The molecule has 29 heavy (non-hydrogen) atoms. The van der Waals surface area contributed by atoms with Crippen LogP contribution in [-0.4, -0.2) is 39.9 Å². The quantitative estimate of drug-likeness (QED) is 0.755. The summed E-state index contributed by atoms with van der Waals surface area (Å²) in [6.45, 7) is 3.62. The molecule has 2 aromatic carbocycles. The van der Waals surface area contributed by atoms with Crippen molar-refractivity contribution in [3.63, 3.8) is 0 Å². The molecule has 1 N–H and O–H groups in total. The Labute approximate surface area is 171 Å². The van der Waals surface area contributed by atoms with Crippen LogP contribution in [0.5, 0.6) is 17.2 Å². The minimum absolute atomic E-state index is 0.0260. The van der Waals surface area contributed by atoms with Gasteiger partial charge in [-0.1, -0.05) is 18.2 Å². The minimum Gasteiger partial charge on any atom is -0.493 e. The van der Waals surface area contributed by atoms with Crippen LogP contribution in [0.25, 0.3) is 0 Å². The third-order valence-corrected chi connectivity index (χ3v) is 5.82. The molecule has 3 atom stereocenters. The first-order valence-corrected chi connectivity index (χ1v) is 10.0. The van der Waals surface area contributed by atoms with Gasteiger partial charge in [-0.05, 0) is 41.8 Å². The summed E-state index contributed by atoms with van der Waals surface area (Å²) in [7, 11) is 3.22. The van der Waals surface area contributed by atoms with Gasteiger partial charge in [0.1, 0.15) is 5.75 Å². The molecule has 0 bridgehead atoms. The number of hydrogen-bond donors (Lipinski definition) is 1. The molecule has 0 radical (unpaired) electrons. The third-order valence-electron chi connectivity index (χ3n) is 5.82. The summed E-state index contributed by atoms with van der Waals surface area (Å²) in [5, 5.41) is 3.54. The third kappa shape index (κ3) is 3.65. The fraction of sp³-hybridized carbons (Fsp3) is 0.435. The smallest absolute Gasteiger partial charge is 0.311 e. The van der Waals surface area contributed by atoms with Crippen LogP contribution >= 0.6 is 0 Å². The highest BCUT2D eigenvalue weighted by Crippen LogP contribution is 2.43. The van der Waals surface area contributed by atoms with E-state index in [4.69, 9.17) is 18.9 Å². The van der Waals surface area contributed by atoms with E-state index in [9.17, 15) is 4.79 Å². The monoisotopic (exact) mass is 397 g/mol.